The van der Waals surface area contributed by atoms with Crippen LogP contribution in [-0.4, -0.2) is 50.4 Å². The zero-order valence-corrected chi connectivity index (χ0v) is 14.5. The van der Waals surface area contributed by atoms with Gasteiger partial charge in [0.1, 0.15) is 17.8 Å². The number of nitrogens with one attached hydrogen (secondary N) is 2. The molecule has 0 aliphatic rings. The van der Waals surface area contributed by atoms with Crippen molar-refractivity contribution >= 4 is 17.4 Å². The van der Waals surface area contributed by atoms with Gasteiger partial charge < -0.3 is 24.8 Å². The van der Waals surface area contributed by atoms with Crippen molar-refractivity contribution in [1.29, 1.82) is 0 Å². The Bertz CT molecular complexity index is 709. The molecule has 0 bridgehead atoms. The van der Waals surface area contributed by atoms with Crippen molar-refractivity contribution in [2.24, 2.45) is 0 Å². The Kier molecular flexibility index (Phi) is 6.97. The maximum Gasteiger partial charge on any atom is 0.270 e. The predicted octanol–water partition coefficient (Wildman–Crippen LogP) is 2.00. The number of carbonyl (C=O) groups excluding carboxylic acids is 1. The molecule has 2 aromatic rings. The normalized spacial score (nSPS) is 10.2. The fourth-order valence-electron chi connectivity index (χ4n) is 2.12. The van der Waals surface area contributed by atoms with Gasteiger partial charge >= 0.3 is 0 Å². The van der Waals surface area contributed by atoms with Crippen molar-refractivity contribution in [3.05, 3.63) is 36.3 Å². The van der Waals surface area contributed by atoms with Crippen LogP contribution in [0.3, 0.4) is 0 Å². The highest BCUT2D eigenvalue weighted by Crippen LogP contribution is 2.30. The van der Waals surface area contributed by atoms with E-state index in [0.717, 1.165) is 12.1 Å². The van der Waals surface area contributed by atoms with Gasteiger partial charge in [-0.25, -0.2) is 9.97 Å². The van der Waals surface area contributed by atoms with Crippen LogP contribution in [0.25, 0.3) is 0 Å². The summed E-state index contributed by atoms with van der Waals surface area (Å²) in [6.07, 6.45) is 2.08. The third-order valence-electron chi connectivity index (χ3n) is 3.37. The summed E-state index contributed by atoms with van der Waals surface area (Å²) >= 11 is 0. The molecule has 0 spiro atoms. The van der Waals surface area contributed by atoms with Crippen molar-refractivity contribution in [2.45, 2.75) is 6.42 Å². The Labute approximate surface area is 146 Å². The van der Waals surface area contributed by atoms with Crippen molar-refractivity contribution in [3.8, 4) is 11.5 Å². The fourth-order valence-corrected chi connectivity index (χ4v) is 2.12. The van der Waals surface area contributed by atoms with Gasteiger partial charge in [-0.15, -0.1) is 0 Å². The van der Waals surface area contributed by atoms with Crippen LogP contribution in [0.4, 0.5) is 11.5 Å². The molecule has 0 saturated heterocycles. The smallest absolute Gasteiger partial charge is 0.270 e. The molecule has 8 heteroatoms. The molecule has 1 aromatic carbocycles. The lowest BCUT2D eigenvalue weighted by molar-refractivity contribution is 0.0943. The van der Waals surface area contributed by atoms with Crippen LogP contribution in [0.1, 0.15) is 16.9 Å². The number of ether oxygens (including phenoxy) is 3. The molecule has 2 N–H and O–H groups in total. The molecule has 1 aromatic heterocycles. The van der Waals surface area contributed by atoms with Crippen LogP contribution in [0.15, 0.2) is 30.6 Å². The predicted molar refractivity (Wildman–Crippen MR) is 93.7 cm³/mol. The first-order valence-corrected chi connectivity index (χ1v) is 7.76. The second-order valence-electron chi connectivity index (χ2n) is 5.09. The molecule has 8 nitrogen and oxygen atoms in total. The van der Waals surface area contributed by atoms with Gasteiger partial charge in [0.15, 0.2) is 11.5 Å². The van der Waals surface area contributed by atoms with Gasteiger partial charge in [0.25, 0.3) is 5.91 Å². The molecule has 0 aliphatic heterocycles. The average molecular weight is 346 g/mol. The monoisotopic (exact) mass is 346 g/mol. The van der Waals surface area contributed by atoms with E-state index in [-0.39, 0.29) is 11.6 Å². The molecule has 25 heavy (non-hydrogen) atoms. The van der Waals surface area contributed by atoms with E-state index in [9.17, 15) is 4.79 Å². The van der Waals surface area contributed by atoms with E-state index >= 15 is 0 Å². The van der Waals surface area contributed by atoms with E-state index in [1.807, 2.05) is 6.07 Å². The lowest BCUT2D eigenvalue weighted by Crippen LogP contribution is -2.26. The summed E-state index contributed by atoms with van der Waals surface area (Å²) in [6, 6.07) is 6.98. The van der Waals surface area contributed by atoms with Crippen molar-refractivity contribution in [3.63, 3.8) is 0 Å². The van der Waals surface area contributed by atoms with Gasteiger partial charge in [-0.1, -0.05) is 0 Å². The van der Waals surface area contributed by atoms with Crippen molar-refractivity contribution < 1.29 is 19.0 Å². The summed E-state index contributed by atoms with van der Waals surface area (Å²) in [4.78, 5) is 20.2. The van der Waals surface area contributed by atoms with E-state index in [1.165, 1.54) is 6.33 Å². The van der Waals surface area contributed by atoms with E-state index in [1.54, 1.807) is 39.5 Å². The first kappa shape index (κ1) is 18.5. The molecule has 0 aliphatic carbocycles. The van der Waals surface area contributed by atoms with Crippen molar-refractivity contribution in [1.82, 2.24) is 15.3 Å². The van der Waals surface area contributed by atoms with Gasteiger partial charge in [0, 0.05) is 38.1 Å². The van der Waals surface area contributed by atoms with Crippen LogP contribution >= 0.6 is 0 Å². The number of carbonyl (C=O) groups is 1. The number of anilines is 2. The highest BCUT2D eigenvalue weighted by Gasteiger charge is 2.09. The fraction of sp³-hybridized carbons (Fsp3) is 0.353. The molecule has 0 radical (unpaired) electrons. The first-order chi connectivity index (χ1) is 12.2. The number of hydrogen-bond acceptors (Lipinski definition) is 7. The molecular weight excluding hydrogens is 324 g/mol. The minimum absolute atomic E-state index is 0.256. The van der Waals surface area contributed by atoms with E-state index in [2.05, 4.69) is 20.6 Å². The Morgan fingerprint density at radius 1 is 1.08 bits per heavy atom. The zero-order valence-electron chi connectivity index (χ0n) is 14.5. The molecule has 0 unspecified atom stereocenters. The first-order valence-electron chi connectivity index (χ1n) is 7.76. The summed E-state index contributed by atoms with van der Waals surface area (Å²) in [5.74, 6) is 1.47. The molecule has 134 valence electrons. The zero-order chi connectivity index (χ0) is 18.1. The van der Waals surface area contributed by atoms with Crippen LogP contribution < -0.4 is 20.1 Å². The van der Waals surface area contributed by atoms with Gasteiger partial charge in [-0.3, -0.25) is 4.79 Å². The van der Waals surface area contributed by atoms with E-state index < -0.39 is 0 Å². The van der Waals surface area contributed by atoms with Gasteiger partial charge in [0.05, 0.1) is 14.2 Å². The number of hydrogen-bond donors (Lipinski definition) is 2. The maximum absolute atomic E-state index is 12.1. The highest BCUT2D eigenvalue weighted by atomic mass is 16.5. The third-order valence-corrected chi connectivity index (χ3v) is 3.37. The second kappa shape index (κ2) is 9.43. The highest BCUT2D eigenvalue weighted by molar-refractivity contribution is 5.92. The largest absolute Gasteiger partial charge is 0.493 e. The quantitative estimate of drug-likeness (QED) is 0.671. The summed E-state index contributed by atoms with van der Waals surface area (Å²) in [5.41, 5.74) is 1.04. The topological polar surface area (TPSA) is 94.6 Å². The van der Waals surface area contributed by atoms with Crippen LogP contribution in [-0.2, 0) is 4.74 Å². The summed E-state index contributed by atoms with van der Waals surface area (Å²) in [7, 11) is 4.77. The van der Waals surface area contributed by atoms with Crippen LogP contribution in [0.5, 0.6) is 11.5 Å². The number of methoxy groups -OCH3 is 3. The lowest BCUT2D eigenvalue weighted by Gasteiger charge is -2.11. The summed E-state index contributed by atoms with van der Waals surface area (Å²) < 4.78 is 15.4. The Balaban J connectivity index is 2.05. The molecule has 2 rings (SSSR count). The van der Waals surface area contributed by atoms with E-state index in [4.69, 9.17) is 14.2 Å². The molecule has 0 fully saturated rings. The Hall–Kier alpha value is -2.87. The number of amides is 1. The molecule has 0 saturated carbocycles. The SMILES string of the molecule is COCCCNC(=O)c1cc(Nc2ccc(OC)c(OC)c2)ncn1. The van der Waals surface area contributed by atoms with Crippen LogP contribution in [0, 0.1) is 0 Å². The maximum atomic E-state index is 12.1. The summed E-state index contributed by atoms with van der Waals surface area (Å²) in [5, 5.41) is 5.90. The number of aromatic nitrogens is 2. The molecular formula is C17H22N4O4. The lowest BCUT2D eigenvalue weighted by atomic mass is 10.2. The molecule has 0 atom stereocenters. The Morgan fingerprint density at radius 2 is 1.88 bits per heavy atom. The van der Waals surface area contributed by atoms with Gasteiger partial charge in [-0.2, -0.15) is 0 Å². The van der Waals surface area contributed by atoms with E-state index in [0.29, 0.717) is 30.5 Å². The van der Waals surface area contributed by atoms with Crippen molar-refractivity contribution in [2.75, 3.05) is 39.8 Å². The number of nitrogens with zero attached hydrogens (tertiary/aromatic N) is 2. The van der Waals surface area contributed by atoms with Crippen LogP contribution in [0.2, 0.25) is 0 Å². The Morgan fingerprint density at radius 3 is 2.60 bits per heavy atom. The average Bonchev–Trinajstić information content (AvgIpc) is 2.65. The van der Waals surface area contributed by atoms with Gasteiger partial charge in [0.2, 0.25) is 0 Å². The third kappa shape index (κ3) is 5.32. The minimum Gasteiger partial charge on any atom is -0.493 e. The standard InChI is InChI=1S/C17H22N4O4/c1-23-8-4-7-18-17(22)13-10-16(20-11-19-13)21-12-5-6-14(24-2)15(9-12)25-3/h5-6,9-11H,4,7-8H2,1-3H3,(H,18,22)(H,19,20,21). The molecule has 1 amide bonds. The molecule has 1 heterocycles. The number of rotatable bonds is 9. The number of benzene rings is 1. The van der Waals surface area contributed by atoms with Gasteiger partial charge in [-0.05, 0) is 18.6 Å². The summed E-state index contributed by atoms with van der Waals surface area (Å²) in [6.45, 7) is 1.12. The second-order valence-corrected chi connectivity index (χ2v) is 5.09. The minimum atomic E-state index is -0.256.